The third-order valence-electron chi connectivity index (χ3n) is 2.45. The van der Waals surface area contributed by atoms with E-state index in [1.54, 1.807) is 0 Å². The van der Waals surface area contributed by atoms with Crippen LogP contribution in [0.3, 0.4) is 0 Å². The van der Waals surface area contributed by atoms with E-state index < -0.39 is 16.0 Å². The van der Waals surface area contributed by atoms with Gasteiger partial charge in [-0.15, -0.1) is 0 Å². The van der Waals surface area contributed by atoms with Gasteiger partial charge < -0.3 is 5.11 Å². The molecule has 0 amide bonds. The molecular formula is C12H8BrClN2O4S. The van der Waals surface area contributed by atoms with Gasteiger partial charge in [0.2, 0.25) is 0 Å². The van der Waals surface area contributed by atoms with Crippen molar-refractivity contribution in [2.45, 2.75) is 4.90 Å². The predicted octanol–water partition coefficient (Wildman–Crippen LogP) is 3.00. The monoisotopic (exact) mass is 390 g/mol. The van der Waals surface area contributed by atoms with Crippen molar-refractivity contribution < 1.29 is 18.3 Å². The highest BCUT2D eigenvalue weighted by Gasteiger charge is 2.17. The van der Waals surface area contributed by atoms with Gasteiger partial charge in [0.25, 0.3) is 10.0 Å². The predicted molar refractivity (Wildman–Crippen MR) is 81.2 cm³/mol. The van der Waals surface area contributed by atoms with Crippen LogP contribution in [0.1, 0.15) is 10.4 Å². The lowest BCUT2D eigenvalue weighted by Crippen LogP contribution is -2.14. The minimum Gasteiger partial charge on any atom is -0.478 e. The Morgan fingerprint density at radius 2 is 2.00 bits per heavy atom. The molecule has 1 aromatic carbocycles. The summed E-state index contributed by atoms with van der Waals surface area (Å²) in [5.41, 5.74) is -0.0695. The van der Waals surface area contributed by atoms with Gasteiger partial charge in [0, 0.05) is 10.7 Å². The summed E-state index contributed by atoms with van der Waals surface area (Å²) in [4.78, 5) is 14.6. The lowest BCUT2D eigenvalue weighted by Gasteiger charge is -2.08. The molecule has 6 nitrogen and oxygen atoms in total. The van der Waals surface area contributed by atoms with Crippen LogP contribution in [0.2, 0.25) is 5.02 Å². The summed E-state index contributed by atoms with van der Waals surface area (Å²) in [6, 6.07) is 6.49. The molecule has 0 aliphatic heterocycles. The van der Waals surface area contributed by atoms with Crippen LogP contribution < -0.4 is 4.72 Å². The molecule has 0 saturated heterocycles. The van der Waals surface area contributed by atoms with E-state index in [4.69, 9.17) is 16.7 Å². The zero-order chi connectivity index (χ0) is 15.6. The van der Waals surface area contributed by atoms with Gasteiger partial charge in [-0.2, -0.15) is 0 Å². The molecule has 21 heavy (non-hydrogen) atoms. The highest BCUT2D eigenvalue weighted by Crippen LogP contribution is 2.26. The third-order valence-corrected chi connectivity index (χ3v) is 5.01. The van der Waals surface area contributed by atoms with Crippen molar-refractivity contribution in [1.82, 2.24) is 4.98 Å². The van der Waals surface area contributed by atoms with Crippen LogP contribution in [-0.2, 0) is 10.0 Å². The van der Waals surface area contributed by atoms with E-state index in [1.165, 1.54) is 30.5 Å². The summed E-state index contributed by atoms with van der Waals surface area (Å²) in [7, 11) is -3.89. The zero-order valence-corrected chi connectivity index (χ0v) is 13.4. The molecule has 9 heteroatoms. The van der Waals surface area contributed by atoms with Crippen LogP contribution in [0.15, 0.2) is 45.9 Å². The molecule has 0 radical (unpaired) electrons. The number of nitrogens with zero attached hydrogens (tertiary/aromatic N) is 1. The number of benzene rings is 1. The SMILES string of the molecule is O=C(O)c1ccnc(NS(=O)(=O)c2ccc(Cl)c(Br)c2)c1. The average Bonchev–Trinajstić information content (AvgIpc) is 2.41. The molecule has 2 N–H and O–H groups in total. The molecule has 0 saturated carbocycles. The largest absolute Gasteiger partial charge is 0.478 e. The van der Waals surface area contributed by atoms with Crippen LogP contribution in [0, 0.1) is 0 Å². The summed E-state index contributed by atoms with van der Waals surface area (Å²) >= 11 is 8.94. The summed E-state index contributed by atoms with van der Waals surface area (Å²) < 4.78 is 27.0. The van der Waals surface area contributed by atoms with Gasteiger partial charge in [-0.25, -0.2) is 18.2 Å². The fourth-order valence-electron chi connectivity index (χ4n) is 1.46. The average molecular weight is 392 g/mol. The molecular weight excluding hydrogens is 384 g/mol. The van der Waals surface area contributed by atoms with E-state index in [1.807, 2.05) is 0 Å². The standard InChI is InChI=1S/C12H8BrClN2O4S/c13-9-6-8(1-2-10(9)14)21(19,20)16-11-5-7(12(17)18)3-4-15-11/h1-6H,(H,15,16)(H,17,18). The topological polar surface area (TPSA) is 96.4 Å². The van der Waals surface area contributed by atoms with Crippen LogP contribution in [0.4, 0.5) is 5.82 Å². The van der Waals surface area contributed by atoms with Crippen LogP contribution in [0.5, 0.6) is 0 Å². The number of rotatable bonds is 4. The first-order chi connectivity index (χ1) is 9.79. The molecule has 0 aliphatic rings. The Kier molecular flexibility index (Phi) is 4.50. The fraction of sp³-hybridized carbons (Fsp3) is 0. The minimum absolute atomic E-state index is 0.0266. The molecule has 0 aliphatic carbocycles. The quantitative estimate of drug-likeness (QED) is 0.835. The van der Waals surface area contributed by atoms with Crippen molar-refractivity contribution in [3.05, 3.63) is 51.6 Å². The summed E-state index contributed by atoms with van der Waals surface area (Å²) in [6.07, 6.45) is 1.21. The van der Waals surface area contributed by atoms with E-state index in [9.17, 15) is 13.2 Å². The second-order valence-corrected chi connectivity index (χ2v) is 6.86. The maximum atomic E-state index is 12.2. The number of aromatic nitrogens is 1. The van der Waals surface area contributed by atoms with Crippen molar-refractivity contribution in [1.29, 1.82) is 0 Å². The smallest absolute Gasteiger partial charge is 0.335 e. The Labute approximate surface area is 134 Å². The third kappa shape index (κ3) is 3.72. The van der Waals surface area contributed by atoms with Gasteiger partial charge in [0.05, 0.1) is 15.5 Å². The molecule has 110 valence electrons. The second-order valence-electron chi connectivity index (χ2n) is 3.92. The number of hydrogen-bond acceptors (Lipinski definition) is 4. The van der Waals surface area contributed by atoms with Gasteiger partial charge in [0.1, 0.15) is 5.82 Å². The van der Waals surface area contributed by atoms with E-state index in [0.29, 0.717) is 9.50 Å². The Balaban J connectivity index is 2.35. The first-order valence-electron chi connectivity index (χ1n) is 5.47. The number of carboxylic acid groups (broad SMARTS) is 1. The number of aromatic carboxylic acids is 1. The molecule has 1 heterocycles. The van der Waals surface area contributed by atoms with Crippen molar-refractivity contribution in [2.75, 3.05) is 4.72 Å². The van der Waals surface area contributed by atoms with Crippen molar-refractivity contribution >= 4 is 49.3 Å². The van der Waals surface area contributed by atoms with Gasteiger partial charge in [-0.1, -0.05) is 11.6 Å². The number of carboxylic acids is 1. The minimum atomic E-state index is -3.89. The van der Waals surface area contributed by atoms with Crippen molar-refractivity contribution in [2.24, 2.45) is 0 Å². The summed E-state index contributed by atoms with van der Waals surface area (Å²) in [5.74, 6) is -1.26. The molecule has 0 fully saturated rings. The van der Waals surface area contributed by atoms with Crippen LogP contribution in [0.25, 0.3) is 0 Å². The molecule has 2 rings (SSSR count). The van der Waals surface area contributed by atoms with Crippen LogP contribution in [-0.4, -0.2) is 24.5 Å². The summed E-state index contributed by atoms with van der Waals surface area (Å²) in [5, 5.41) is 9.24. The van der Waals surface area contributed by atoms with E-state index >= 15 is 0 Å². The number of halogens is 2. The van der Waals surface area contributed by atoms with E-state index in [0.717, 1.165) is 6.07 Å². The van der Waals surface area contributed by atoms with Gasteiger partial charge in [-0.05, 0) is 46.3 Å². The number of carbonyl (C=O) groups is 1. The molecule has 1 aromatic heterocycles. The number of pyridine rings is 1. The van der Waals surface area contributed by atoms with Gasteiger partial charge in [0.15, 0.2) is 0 Å². The molecule has 0 unspecified atom stereocenters. The Morgan fingerprint density at radius 1 is 1.29 bits per heavy atom. The Bertz CT molecular complexity index is 811. The lowest BCUT2D eigenvalue weighted by atomic mass is 10.3. The van der Waals surface area contributed by atoms with Gasteiger partial charge in [-0.3, -0.25) is 4.72 Å². The van der Waals surface area contributed by atoms with Gasteiger partial charge >= 0.3 is 5.97 Å². The van der Waals surface area contributed by atoms with Crippen LogP contribution >= 0.6 is 27.5 Å². The maximum Gasteiger partial charge on any atom is 0.335 e. The Hall–Kier alpha value is -1.64. The highest BCUT2D eigenvalue weighted by molar-refractivity contribution is 9.10. The first-order valence-corrected chi connectivity index (χ1v) is 8.12. The normalized spacial score (nSPS) is 11.1. The first kappa shape index (κ1) is 15.7. The van der Waals surface area contributed by atoms with E-state index in [-0.39, 0.29) is 16.3 Å². The number of sulfonamides is 1. The van der Waals surface area contributed by atoms with E-state index in [2.05, 4.69) is 25.6 Å². The summed E-state index contributed by atoms with van der Waals surface area (Å²) in [6.45, 7) is 0. The number of anilines is 1. The zero-order valence-electron chi connectivity index (χ0n) is 10.2. The van der Waals surface area contributed by atoms with Crippen molar-refractivity contribution in [3.63, 3.8) is 0 Å². The number of nitrogens with one attached hydrogen (secondary N) is 1. The molecule has 2 aromatic rings. The molecule has 0 bridgehead atoms. The highest BCUT2D eigenvalue weighted by atomic mass is 79.9. The lowest BCUT2D eigenvalue weighted by molar-refractivity contribution is 0.0697. The fourth-order valence-corrected chi connectivity index (χ4v) is 3.13. The number of hydrogen-bond donors (Lipinski definition) is 2. The Morgan fingerprint density at radius 3 is 2.62 bits per heavy atom. The molecule has 0 spiro atoms. The second kappa shape index (κ2) is 6.00. The van der Waals surface area contributed by atoms with Crippen molar-refractivity contribution in [3.8, 4) is 0 Å². The maximum absolute atomic E-state index is 12.2. The molecule has 0 atom stereocenters.